The molecular formula is C18H18BrFN4O3S. The summed E-state index contributed by atoms with van der Waals surface area (Å²) in [6.45, 7) is 1.97. The van der Waals surface area contributed by atoms with Crippen LogP contribution in [0.4, 0.5) is 10.1 Å². The first-order valence-electron chi connectivity index (χ1n) is 8.35. The molecular weight excluding hydrogens is 451 g/mol. The van der Waals surface area contributed by atoms with Crippen molar-refractivity contribution in [1.29, 1.82) is 0 Å². The van der Waals surface area contributed by atoms with E-state index in [1.807, 2.05) is 0 Å². The van der Waals surface area contributed by atoms with Crippen LogP contribution in [0.25, 0.3) is 16.6 Å². The third-order valence-corrected chi connectivity index (χ3v) is 6.10. The van der Waals surface area contributed by atoms with Crippen LogP contribution < -0.4 is 9.62 Å². The Morgan fingerprint density at radius 1 is 1.29 bits per heavy atom. The Hall–Kier alpha value is -2.46. The lowest BCUT2D eigenvalue weighted by Gasteiger charge is -2.21. The summed E-state index contributed by atoms with van der Waals surface area (Å²) in [4.78, 5) is 12.5. The van der Waals surface area contributed by atoms with Crippen molar-refractivity contribution in [2.75, 3.05) is 24.2 Å². The molecule has 1 heterocycles. The van der Waals surface area contributed by atoms with E-state index in [4.69, 9.17) is 0 Å². The maximum Gasteiger partial charge on any atom is 0.270 e. The lowest BCUT2D eigenvalue weighted by molar-refractivity contribution is 0.0957. The molecule has 10 heteroatoms. The van der Waals surface area contributed by atoms with E-state index in [0.29, 0.717) is 26.8 Å². The van der Waals surface area contributed by atoms with Crippen LogP contribution in [0.2, 0.25) is 0 Å². The third-order valence-electron chi connectivity index (χ3n) is 4.21. The SMILES string of the molecule is CCN(c1cc2nn(-c3ccc(F)cc3)c(C(=O)NC)c2cc1Br)S(C)(=O)=O. The van der Waals surface area contributed by atoms with E-state index in [-0.39, 0.29) is 18.1 Å². The number of carbonyl (C=O) groups is 1. The molecule has 1 N–H and O–H groups in total. The maximum atomic E-state index is 13.3. The second-order valence-electron chi connectivity index (χ2n) is 6.06. The molecule has 7 nitrogen and oxygen atoms in total. The van der Waals surface area contributed by atoms with Gasteiger partial charge in [0.25, 0.3) is 5.91 Å². The second kappa shape index (κ2) is 7.51. The predicted molar refractivity (Wildman–Crippen MR) is 110 cm³/mol. The normalized spacial score (nSPS) is 11.6. The van der Waals surface area contributed by atoms with Crippen LogP contribution in [0.15, 0.2) is 40.9 Å². The summed E-state index contributed by atoms with van der Waals surface area (Å²) in [7, 11) is -1.99. The summed E-state index contributed by atoms with van der Waals surface area (Å²) in [6, 6.07) is 8.85. The number of sulfonamides is 1. The molecule has 3 aromatic rings. The van der Waals surface area contributed by atoms with Gasteiger partial charge in [-0.15, -0.1) is 0 Å². The van der Waals surface area contributed by atoms with Crippen LogP contribution in [-0.4, -0.2) is 44.0 Å². The lowest BCUT2D eigenvalue weighted by atomic mass is 10.1. The minimum Gasteiger partial charge on any atom is -0.354 e. The van der Waals surface area contributed by atoms with Gasteiger partial charge < -0.3 is 5.32 Å². The van der Waals surface area contributed by atoms with Gasteiger partial charge in [0.2, 0.25) is 10.0 Å². The number of hydrogen-bond acceptors (Lipinski definition) is 4. The molecule has 0 unspecified atom stereocenters. The fraction of sp³-hybridized carbons (Fsp3) is 0.222. The zero-order valence-electron chi connectivity index (χ0n) is 15.4. The van der Waals surface area contributed by atoms with Gasteiger partial charge in [-0.05, 0) is 59.3 Å². The van der Waals surface area contributed by atoms with Crippen molar-refractivity contribution in [1.82, 2.24) is 15.1 Å². The molecule has 2 aromatic carbocycles. The number of nitrogens with zero attached hydrogens (tertiary/aromatic N) is 3. The number of rotatable bonds is 5. The standard InChI is InChI=1S/C18H18BrFN4O3S/c1-4-23(28(3,26)27)16-10-15-13(9-14(16)19)17(18(25)21-2)24(22-15)12-7-5-11(20)6-8-12/h5-10H,4H2,1-3H3,(H,21,25). The predicted octanol–water partition coefficient (Wildman–Crippen LogP) is 3.07. The average Bonchev–Trinajstić information content (AvgIpc) is 2.99. The van der Waals surface area contributed by atoms with Crippen molar-refractivity contribution >= 4 is 48.5 Å². The second-order valence-corrected chi connectivity index (χ2v) is 8.83. The minimum absolute atomic E-state index is 0.240. The van der Waals surface area contributed by atoms with Gasteiger partial charge in [0.15, 0.2) is 0 Å². The fourth-order valence-electron chi connectivity index (χ4n) is 2.98. The topological polar surface area (TPSA) is 84.3 Å². The monoisotopic (exact) mass is 468 g/mol. The van der Waals surface area contributed by atoms with Crippen LogP contribution >= 0.6 is 15.9 Å². The molecule has 1 aromatic heterocycles. The Balaban J connectivity index is 2.31. The van der Waals surface area contributed by atoms with E-state index in [0.717, 1.165) is 6.26 Å². The van der Waals surface area contributed by atoms with Crippen LogP contribution in [0, 0.1) is 5.82 Å². The maximum absolute atomic E-state index is 13.3. The highest BCUT2D eigenvalue weighted by Crippen LogP contribution is 2.34. The van der Waals surface area contributed by atoms with Gasteiger partial charge in [-0.2, -0.15) is 5.10 Å². The van der Waals surface area contributed by atoms with Gasteiger partial charge in [0.05, 0.1) is 23.1 Å². The Morgan fingerprint density at radius 2 is 1.93 bits per heavy atom. The minimum atomic E-state index is -3.49. The van der Waals surface area contributed by atoms with Crippen molar-refractivity contribution in [3.05, 3.63) is 52.4 Å². The number of hydrogen-bond donors (Lipinski definition) is 1. The number of anilines is 1. The number of benzene rings is 2. The fourth-order valence-corrected chi connectivity index (χ4v) is 4.63. The molecule has 148 valence electrons. The van der Waals surface area contributed by atoms with Crippen molar-refractivity contribution in [2.24, 2.45) is 0 Å². The van der Waals surface area contributed by atoms with Gasteiger partial charge >= 0.3 is 0 Å². The summed E-state index contributed by atoms with van der Waals surface area (Å²) >= 11 is 3.41. The molecule has 0 aliphatic carbocycles. The Labute approximate surface area is 170 Å². The number of amides is 1. The van der Waals surface area contributed by atoms with Crippen molar-refractivity contribution in [3.63, 3.8) is 0 Å². The molecule has 0 radical (unpaired) electrons. The zero-order valence-corrected chi connectivity index (χ0v) is 17.8. The van der Waals surface area contributed by atoms with E-state index in [1.165, 1.54) is 40.3 Å². The summed E-state index contributed by atoms with van der Waals surface area (Å²) in [6.07, 6.45) is 1.13. The number of halogens is 2. The van der Waals surface area contributed by atoms with E-state index < -0.39 is 15.8 Å². The first-order valence-corrected chi connectivity index (χ1v) is 11.0. The number of nitrogens with one attached hydrogen (secondary N) is 1. The molecule has 0 saturated heterocycles. The molecule has 0 bridgehead atoms. The van der Waals surface area contributed by atoms with Gasteiger partial charge in [-0.1, -0.05) is 0 Å². The van der Waals surface area contributed by atoms with E-state index in [2.05, 4.69) is 26.3 Å². The highest BCUT2D eigenvalue weighted by molar-refractivity contribution is 9.10. The number of carbonyl (C=O) groups excluding carboxylic acids is 1. The molecule has 0 aliphatic heterocycles. The van der Waals surface area contributed by atoms with Crippen LogP contribution in [-0.2, 0) is 10.0 Å². The molecule has 3 rings (SSSR count). The van der Waals surface area contributed by atoms with Gasteiger partial charge in [-0.3, -0.25) is 9.10 Å². The number of fused-ring (bicyclic) bond motifs is 1. The quantitative estimate of drug-likeness (QED) is 0.623. The molecule has 0 atom stereocenters. The van der Waals surface area contributed by atoms with Crippen molar-refractivity contribution in [3.8, 4) is 5.69 Å². The van der Waals surface area contributed by atoms with Gasteiger partial charge in [-0.25, -0.2) is 17.5 Å². The first-order chi connectivity index (χ1) is 13.2. The smallest absolute Gasteiger partial charge is 0.270 e. The van der Waals surface area contributed by atoms with Gasteiger partial charge in [0.1, 0.15) is 11.5 Å². The van der Waals surface area contributed by atoms with Crippen molar-refractivity contribution in [2.45, 2.75) is 6.92 Å². The van der Waals surface area contributed by atoms with E-state index >= 15 is 0 Å². The molecule has 0 saturated carbocycles. The van der Waals surface area contributed by atoms with Crippen LogP contribution in [0.5, 0.6) is 0 Å². The average molecular weight is 469 g/mol. The summed E-state index contributed by atoms with van der Waals surface area (Å²) in [5.74, 6) is -0.777. The molecule has 0 aliphatic rings. The highest BCUT2D eigenvalue weighted by Gasteiger charge is 2.24. The Kier molecular flexibility index (Phi) is 5.44. The highest BCUT2D eigenvalue weighted by atomic mass is 79.9. The molecule has 0 fully saturated rings. The van der Waals surface area contributed by atoms with Crippen LogP contribution in [0.3, 0.4) is 0 Å². The summed E-state index contributed by atoms with van der Waals surface area (Å²) < 4.78 is 40.7. The van der Waals surface area contributed by atoms with Crippen LogP contribution in [0.1, 0.15) is 17.4 Å². The summed E-state index contributed by atoms with van der Waals surface area (Å²) in [5.41, 5.74) is 1.62. The van der Waals surface area contributed by atoms with E-state index in [9.17, 15) is 17.6 Å². The Bertz CT molecular complexity index is 1160. The third kappa shape index (κ3) is 3.61. The molecule has 28 heavy (non-hydrogen) atoms. The lowest BCUT2D eigenvalue weighted by Crippen LogP contribution is -2.29. The van der Waals surface area contributed by atoms with Crippen molar-refractivity contribution < 1.29 is 17.6 Å². The molecule has 1 amide bonds. The Morgan fingerprint density at radius 3 is 2.46 bits per heavy atom. The molecule has 0 spiro atoms. The number of aromatic nitrogens is 2. The van der Waals surface area contributed by atoms with E-state index in [1.54, 1.807) is 19.1 Å². The largest absolute Gasteiger partial charge is 0.354 e. The zero-order chi connectivity index (χ0) is 20.6. The first kappa shape index (κ1) is 20.3. The van der Waals surface area contributed by atoms with Gasteiger partial charge in [0, 0.05) is 23.5 Å². The summed E-state index contributed by atoms with van der Waals surface area (Å²) in [5, 5.41) is 7.58.